The first-order valence-corrected chi connectivity index (χ1v) is 14.2. The highest BCUT2D eigenvalue weighted by molar-refractivity contribution is 5.50. The number of hydrogen-bond acceptors (Lipinski definition) is 8. The quantitative estimate of drug-likeness (QED) is 0.171. The Hall–Kier alpha value is -4.17. The van der Waals surface area contributed by atoms with Crippen molar-refractivity contribution in [2.24, 2.45) is 0 Å². The van der Waals surface area contributed by atoms with Gasteiger partial charge in [0.2, 0.25) is 0 Å². The molecule has 1 saturated heterocycles. The molecule has 1 aliphatic rings. The maximum Gasteiger partial charge on any atom is 0.298 e. The molecule has 1 aromatic heterocycles. The predicted octanol–water partition coefficient (Wildman–Crippen LogP) is 6.15. The molecular formula is C33H40N4O4. The molecule has 8 nitrogen and oxygen atoms in total. The standard InChI is InChI=1S/C33H40N4O4/c1-35(2)29-11-8-14-32(21-29)40-18-17-39-24-28-25-41-33(34-28)37(23-27-10-7-13-31(20-27)38-3)22-26-9-6-12-30(19-26)36-15-4-5-16-36/h6-14,19-21,25H,4-5,15-18,22-24H2,1-3H3. The van der Waals surface area contributed by atoms with Crippen molar-refractivity contribution in [3.05, 3.63) is 95.9 Å². The van der Waals surface area contributed by atoms with Gasteiger partial charge in [-0.1, -0.05) is 30.3 Å². The van der Waals surface area contributed by atoms with E-state index in [1.165, 1.54) is 24.1 Å². The van der Waals surface area contributed by atoms with Crippen molar-refractivity contribution in [2.45, 2.75) is 32.5 Å². The van der Waals surface area contributed by atoms with E-state index < -0.39 is 0 Å². The zero-order chi connectivity index (χ0) is 28.4. The van der Waals surface area contributed by atoms with Crippen molar-refractivity contribution >= 4 is 17.4 Å². The van der Waals surface area contributed by atoms with Gasteiger partial charge in [0.1, 0.15) is 30.1 Å². The topological polar surface area (TPSA) is 63.4 Å². The number of hydrogen-bond donors (Lipinski definition) is 0. The highest BCUT2D eigenvalue weighted by Crippen LogP contribution is 2.26. The number of aromatic nitrogens is 1. The maximum atomic E-state index is 5.98. The van der Waals surface area contributed by atoms with Gasteiger partial charge < -0.3 is 33.3 Å². The molecule has 8 heteroatoms. The summed E-state index contributed by atoms with van der Waals surface area (Å²) in [5.74, 6) is 1.65. The van der Waals surface area contributed by atoms with E-state index in [0.717, 1.165) is 41.5 Å². The zero-order valence-corrected chi connectivity index (χ0v) is 24.3. The Kier molecular flexibility index (Phi) is 9.65. The minimum Gasteiger partial charge on any atom is -0.497 e. The Bertz CT molecular complexity index is 1380. The van der Waals surface area contributed by atoms with E-state index in [1.54, 1.807) is 13.4 Å². The molecule has 2 heterocycles. The molecule has 1 fully saturated rings. The van der Waals surface area contributed by atoms with Crippen LogP contribution in [0.4, 0.5) is 17.4 Å². The minimum atomic E-state index is 0.349. The molecular weight excluding hydrogens is 516 g/mol. The molecule has 0 unspecified atom stereocenters. The number of methoxy groups -OCH3 is 1. The largest absolute Gasteiger partial charge is 0.497 e. The van der Waals surface area contributed by atoms with Gasteiger partial charge in [0.05, 0.1) is 20.3 Å². The summed E-state index contributed by atoms with van der Waals surface area (Å²) in [4.78, 5) is 11.4. The third-order valence-electron chi connectivity index (χ3n) is 7.15. The lowest BCUT2D eigenvalue weighted by Gasteiger charge is -2.23. The second kappa shape index (κ2) is 13.9. The highest BCUT2D eigenvalue weighted by Gasteiger charge is 2.17. The van der Waals surface area contributed by atoms with Gasteiger partial charge in [-0.2, -0.15) is 4.98 Å². The fourth-order valence-electron chi connectivity index (χ4n) is 4.98. The van der Waals surface area contributed by atoms with Crippen LogP contribution in [0, 0.1) is 0 Å². The third kappa shape index (κ3) is 7.95. The molecule has 0 spiro atoms. The summed E-state index contributed by atoms with van der Waals surface area (Å²) in [6.45, 7) is 4.79. The molecule has 3 aromatic carbocycles. The van der Waals surface area contributed by atoms with Crippen LogP contribution < -0.4 is 24.2 Å². The van der Waals surface area contributed by atoms with E-state index in [4.69, 9.17) is 23.6 Å². The predicted molar refractivity (Wildman–Crippen MR) is 163 cm³/mol. The Labute approximate surface area is 243 Å². The SMILES string of the molecule is COc1cccc(CN(Cc2cccc(N3CCCC3)c2)c2nc(COCCOc3cccc(N(C)C)c3)co2)c1. The molecule has 0 amide bonds. The van der Waals surface area contributed by atoms with Crippen molar-refractivity contribution in [1.29, 1.82) is 0 Å². The van der Waals surface area contributed by atoms with Crippen molar-refractivity contribution in [2.75, 3.05) is 62.2 Å². The van der Waals surface area contributed by atoms with E-state index in [-0.39, 0.29) is 0 Å². The van der Waals surface area contributed by atoms with Gasteiger partial charge in [-0.3, -0.25) is 0 Å². The van der Waals surface area contributed by atoms with Gasteiger partial charge in [-0.05, 0) is 60.4 Å². The molecule has 0 atom stereocenters. The van der Waals surface area contributed by atoms with Crippen LogP contribution in [0.25, 0.3) is 0 Å². The number of ether oxygens (including phenoxy) is 3. The van der Waals surface area contributed by atoms with E-state index in [0.29, 0.717) is 38.9 Å². The monoisotopic (exact) mass is 556 g/mol. The summed E-state index contributed by atoms with van der Waals surface area (Å²) < 4.78 is 23.1. The number of oxazole rings is 1. The Balaban J connectivity index is 1.22. The van der Waals surface area contributed by atoms with Gasteiger partial charge >= 0.3 is 0 Å². The van der Waals surface area contributed by atoms with Crippen molar-refractivity contribution < 1.29 is 18.6 Å². The highest BCUT2D eigenvalue weighted by atomic mass is 16.5. The van der Waals surface area contributed by atoms with Crippen LogP contribution in [0.3, 0.4) is 0 Å². The molecule has 0 N–H and O–H groups in total. The van der Waals surface area contributed by atoms with E-state index in [9.17, 15) is 0 Å². The fraction of sp³-hybridized carbons (Fsp3) is 0.364. The minimum absolute atomic E-state index is 0.349. The summed E-state index contributed by atoms with van der Waals surface area (Å²) in [5.41, 5.74) is 5.45. The van der Waals surface area contributed by atoms with Crippen LogP contribution in [0.2, 0.25) is 0 Å². The molecule has 4 aromatic rings. The van der Waals surface area contributed by atoms with Gasteiger partial charge in [0, 0.05) is 57.7 Å². The Morgan fingerprint density at radius 1 is 0.854 bits per heavy atom. The van der Waals surface area contributed by atoms with Gasteiger partial charge in [-0.15, -0.1) is 0 Å². The van der Waals surface area contributed by atoms with Crippen LogP contribution in [0.5, 0.6) is 11.5 Å². The Morgan fingerprint density at radius 3 is 2.37 bits per heavy atom. The average Bonchev–Trinajstić information content (AvgIpc) is 3.70. The second-order valence-corrected chi connectivity index (χ2v) is 10.5. The van der Waals surface area contributed by atoms with Crippen LogP contribution in [-0.4, -0.2) is 52.5 Å². The average molecular weight is 557 g/mol. The van der Waals surface area contributed by atoms with E-state index >= 15 is 0 Å². The molecule has 1 aliphatic heterocycles. The third-order valence-corrected chi connectivity index (χ3v) is 7.15. The summed E-state index contributed by atoms with van der Waals surface area (Å²) >= 11 is 0. The second-order valence-electron chi connectivity index (χ2n) is 10.5. The van der Waals surface area contributed by atoms with Crippen LogP contribution in [-0.2, 0) is 24.4 Å². The summed E-state index contributed by atoms with van der Waals surface area (Å²) in [6.07, 6.45) is 4.18. The molecule has 0 saturated carbocycles. The summed E-state index contributed by atoms with van der Waals surface area (Å²) in [6, 6.07) is 25.5. The van der Waals surface area contributed by atoms with Crippen molar-refractivity contribution in [3.63, 3.8) is 0 Å². The summed E-state index contributed by atoms with van der Waals surface area (Å²) in [7, 11) is 5.71. The van der Waals surface area contributed by atoms with Gasteiger partial charge in [0.15, 0.2) is 0 Å². The van der Waals surface area contributed by atoms with Crippen LogP contribution in [0.15, 0.2) is 83.5 Å². The zero-order valence-electron chi connectivity index (χ0n) is 24.3. The van der Waals surface area contributed by atoms with E-state index in [1.807, 2.05) is 55.4 Å². The molecule has 0 aliphatic carbocycles. The molecule has 0 bridgehead atoms. The Morgan fingerprint density at radius 2 is 1.59 bits per heavy atom. The summed E-state index contributed by atoms with van der Waals surface area (Å²) in [5, 5.41) is 0. The van der Waals surface area contributed by atoms with Crippen molar-refractivity contribution in [3.8, 4) is 11.5 Å². The van der Waals surface area contributed by atoms with Crippen LogP contribution in [0.1, 0.15) is 29.7 Å². The maximum absolute atomic E-state index is 5.98. The van der Waals surface area contributed by atoms with Gasteiger partial charge in [-0.25, -0.2) is 0 Å². The smallest absolute Gasteiger partial charge is 0.298 e. The first-order valence-electron chi connectivity index (χ1n) is 14.2. The normalized spacial score (nSPS) is 12.9. The molecule has 5 rings (SSSR count). The van der Waals surface area contributed by atoms with E-state index in [2.05, 4.69) is 46.2 Å². The first-order chi connectivity index (χ1) is 20.1. The lowest BCUT2D eigenvalue weighted by atomic mass is 10.1. The number of nitrogens with zero attached hydrogens (tertiary/aromatic N) is 4. The fourth-order valence-corrected chi connectivity index (χ4v) is 4.98. The molecule has 216 valence electrons. The molecule has 0 radical (unpaired) electrons. The number of anilines is 3. The van der Waals surface area contributed by atoms with Crippen LogP contribution >= 0.6 is 0 Å². The van der Waals surface area contributed by atoms with Gasteiger partial charge in [0.25, 0.3) is 6.01 Å². The molecule has 41 heavy (non-hydrogen) atoms. The first kappa shape index (κ1) is 28.4. The number of benzene rings is 3. The number of rotatable bonds is 14. The lowest BCUT2D eigenvalue weighted by molar-refractivity contribution is 0.0869. The lowest BCUT2D eigenvalue weighted by Crippen LogP contribution is -2.23. The van der Waals surface area contributed by atoms with Crippen molar-refractivity contribution in [1.82, 2.24) is 4.98 Å².